The molecule has 0 saturated heterocycles. The highest BCUT2D eigenvalue weighted by Gasteiger charge is 2.18. The molecular formula is C13H12O6. The predicted molar refractivity (Wildman–Crippen MR) is 65.2 cm³/mol. The van der Waals surface area contributed by atoms with E-state index < -0.39 is 17.9 Å². The minimum absolute atomic E-state index is 0.0509. The van der Waals surface area contributed by atoms with E-state index in [-0.39, 0.29) is 22.4 Å². The number of ether oxygens (including phenoxy) is 2. The van der Waals surface area contributed by atoms with Crippen LogP contribution in [0.2, 0.25) is 0 Å². The number of hydrogen-bond donors (Lipinski definition) is 1. The van der Waals surface area contributed by atoms with Gasteiger partial charge in [0.05, 0.1) is 12.7 Å². The third kappa shape index (κ3) is 3.41. The molecular weight excluding hydrogens is 252 g/mol. The molecule has 1 N–H and O–H groups in total. The highest BCUT2D eigenvalue weighted by Crippen LogP contribution is 2.21. The summed E-state index contributed by atoms with van der Waals surface area (Å²) in [6, 6.07) is 3.60. The van der Waals surface area contributed by atoms with Crippen LogP contribution >= 0.6 is 0 Å². The van der Waals surface area contributed by atoms with Crippen LogP contribution in [0.25, 0.3) is 0 Å². The average Bonchev–Trinajstić information content (AvgIpc) is 2.37. The van der Waals surface area contributed by atoms with Gasteiger partial charge in [-0.2, -0.15) is 0 Å². The van der Waals surface area contributed by atoms with Crippen LogP contribution in [0, 0.1) is 0 Å². The van der Waals surface area contributed by atoms with Crippen molar-refractivity contribution in [2.75, 3.05) is 7.11 Å². The van der Waals surface area contributed by atoms with Gasteiger partial charge in [-0.15, -0.1) is 0 Å². The zero-order chi connectivity index (χ0) is 14.6. The lowest BCUT2D eigenvalue weighted by Gasteiger charge is -2.08. The molecule has 0 aliphatic carbocycles. The predicted octanol–water partition coefficient (Wildman–Crippen LogP) is 1.65. The Hall–Kier alpha value is -2.63. The van der Waals surface area contributed by atoms with Crippen molar-refractivity contribution < 1.29 is 29.0 Å². The number of carbonyl (C=O) groups is 3. The number of benzene rings is 1. The Labute approximate surface area is 109 Å². The van der Waals surface area contributed by atoms with E-state index >= 15 is 0 Å². The molecule has 0 aromatic heterocycles. The molecule has 100 valence electrons. The van der Waals surface area contributed by atoms with Gasteiger partial charge < -0.3 is 14.6 Å². The molecule has 1 aromatic carbocycles. The van der Waals surface area contributed by atoms with Gasteiger partial charge in [0.1, 0.15) is 11.3 Å². The van der Waals surface area contributed by atoms with Crippen molar-refractivity contribution in [1.29, 1.82) is 0 Å². The number of esters is 2. The van der Waals surface area contributed by atoms with Gasteiger partial charge in [-0.25, -0.2) is 14.4 Å². The molecule has 0 saturated carbocycles. The van der Waals surface area contributed by atoms with Crippen LogP contribution < -0.4 is 4.74 Å². The number of hydrogen-bond acceptors (Lipinski definition) is 5. The summed E-state index contributed by atoms with van der Waals surface area (Å²) >= 11 is 0. The molecule has 0 aliphatic rings. The average molecular weight is 264 g/mol. The Bertz CT molecular complexity index is 558. The lowest BCUT2D eigenvalue weighted by molar-refractivity contribution is -0.130. The first-order valence-electron chi connectivity index (χ1n) is 5.20. The quantitative estimate of drug-likeness (QED) is 0.505. The molecule has 0 fully saturated rings. The number of methoxy groups -OCH3 is 1. The molecule has 0 amide bonds. The van der Waals surface area contributed by atoms with Gasteiger partial charge in [0, 0.05) is 5.57 Å². The van der Waals surface area contributed by atoms with E-state index in [0.29, 0.717) is 0 Å². The van der Waals surface area contributed by atoms with E-state index in [4.69, 9.17) is 9.84 Å². The molecule has 0 spiro atoms. The van der Waals surface area contributed by atoms with Crippen LogP contribution in [-0.4, -0.2) is 30.1 Å². The van der Waals surface area contributed by atoms with E-state index in [1.165, 1.54) is 26.2 Å². The molecule has 1 aromatic rings. The van der Waals surface area contributed by atoms with Crippen LogP contribution in [0.3, 0.4) is 0 Å². The Morgan fingerprint density at radius 2 is 1.89 bits per heavy atom. The lowest BCUT2D eigenvalue weighted by Crippen LogP contribution is -2.12. The van der Waals surface area contributed by atoms with Crippen molar-refractivity contribution in [1.82, 2.24) is 0 Å². The van der Waals surface area contributed by atoms with Gasteiger partial charge in [-0.05, 0) is 25.1 Å². The van der Waals surface area contributed by atoms with E-state index in [9.17, 15) is 14.4 Å². The standard InChI is InChI=1S/C13H12O6/c1-7(2)12(16)19-10-5-4-8(13(17)18-3)6-9(10)11(14)15/h4-6H,1H2,2-3H3,(H,14,15). The van der Waals surface area contributed by atoms with Crippen LogP contribution in [0.5, 0.6) is 5.75 Å². The van der Waals surface area contributed by atoms with Gasteiger partial charge >= 0.3 is 17.9 Å². The highest BCUT2D eigenvalue weighted by atomic mass is 16.5. The molecule has 6 heteroatoms. The number of carbonyl (C=O) groups excluding carboxylic acids is 2. The maximum absolute atomic E-state index is 11.4. The molecule has 0 unspecified atom stereocenters. The number of carboxylic acids is 1. The molecule has 19 heavy (non-hydrogen) atoms. The van der Waals surface area contributed by atoms with Crippen molar-refractivity contribution in [3.8, 4) is 5.75 Å². The van der Waals surface area contributed by atoms with Gasteiger partial charge in [-0.1, -0.05) is 6.58 Å². The fraction of sp³-hybridized carbons (Fsp3) is 0.154. The zero-order valence-corrected chi connectivity index (χ0v) is 10.4. The second kappa shape index (κ2) is 5.81. The topological polar surface area (TPSA) is 89.9 Å². The minimum atomic E-state index is -1.32. The second-order valence-electron chi connectivity index (χ2n) is 3.68. The monoisotopic (exact) mass is 264 g/mol. The first kappa shape index (κ1) is 14.4. The van der Waals surface area contributed by atoms with Gasteiger partial charge in [-0.3, -0.25) is 0 Å². The van der Waals surface area contributed by atoms with Crippen LogP contribution in [0.4, 0.5) is 0 Å². The molecule has 0 bridgehead atoms. The molecule has 1 rings (SSSR count). The summed E-state index contributed by atoms with van der Waals surface area (Å²) in [5.41, 5.74) is -0.124. The summed E-state index contributed by atoms with van der Waals surface area (Å²) in [5.74, 6) is -2.91. The molecule has 6 nitrogen and oxygen atoms in total. The SMILES string of the molecule is C=C(C)C(=O)Oc1ccc(C(=O)OC)cc1C(=O)O. The summed E-state index contributed by atoms with van der Waals surface area (Å²) < 4.78 is 9.34. The van der Waals surface area contributed by atoms with Gasteiger partial charge in [0.2, 0.25) is 0 Å². The number of rotatable bonds is 4. The van der Waals surface area contributed by atoms with E-state index in [1.807, 2.05) is 0 Å². The van der Waals surface area contributed by atoms with Gasteiger partial charge in [0.15, 0.2) is 0 Å². The smallest absolute Gasteiger partial charge is 0.339 e. The first-order valence-corrected chi connectivity index (χ1v) is 5.20. The van der Waals surface area contributed by atoms with Crippen molar-refractivity contribution >= 4 is 17.9 Å². The summed E-state index contributed by atoms with van der Waals surface area (Å²) in [4.78, 5) is 33.7. The minimum Gasteiger partial charge on any atom is -0.478 e. The summed E-state index contributed by atoms with van der Waals surface area (Å²) in [5, 5.41) is 9.03. The Morgan fingerprint density at radius 3 is 2.37 bits per heavy atom. The maximum atomic E-state index is 11.4. The van der Waals surface area contributed by atoms with Crippen molar-refractivity contribution in [2.45, 2.75) is 6.92 Å². The van der Waals surface area contributed by atoms with E-state index in [2.05, 4.69) is 11.3 Å². The molecule has 0 aliphatic heterocycles. The largest absolute Gasteiger partial charge is 0.478 e. The van der Waals surface area contributed by atoms with Gasteiger partial charge in [0.25, 0.3) is 0 Å². The third-order valence-electron chi connectivity index (χ3n) is 2.18. The molecule has 0 heterocycles. The summed E-state index contributed by atoms with van der Waals surface area (Å²) in [7, 11) is 1.18. The van der Waals surface area contributed by atoms with Crippen molar-refractivity contribution in [3.63, 3.8) is 0 Å². The maximum Gasteiger partial charge on any atom is 0.339 e. The van der Waals surface area contributed by atoms with Crippen LogP contribution in [0.1, 0.15) is 27.6 Å². The molecule has 0 atom stereocenters. The second-order valence-corrected chi connectivity index (χ2v) is 3.68. The summed E-state index contributed by atoms with van der Waals surface area (Å²) in [6.07, 6.45) is 0. The molecule has 0 radical (unpaired) electrons. The highest BCUT2D eigenvalue weighted by molar-refractivity contribution is 5.98. The first-order chi connectivity index (χ1) is 8.86. The van der Waals surface area contributed by atoms with Crippen LogP contribution in [-0.2, 0) is 9.53 Å². The number of carboxylic acid groups (broad SMARTS) is 1. The lowest BCUT2D eigenvalue weighted by atomic mass is 10.1. The Balaban J connectivity index is 3.19. The number of aromatic carboxylic acids is 1. The van der Waals surface area contributed by atoms with E-state index in [1.54, 1.807) is 0 Å². The Morgan fingerprint density at radius 1 is 1.26 bits per heavy atom. The fourth-order valence-electron chi connectivity index (χ4n) is 1.22. The van der Waals surface area contributed by atoms with Crippen LogP contribution in [0.15, 0.2) is 30.4 Å². The third-order valence-corrected chi connectivity index (χ3v) is 2.18. The van der Waals surface area contributed by atoms with Crippen molar-refractivity contribution in [2.24, 2.45) is 0 Å². The normalized spacial score (nSPS) is 9.58. The zero-order valence-electron chi connectivity index (χ0n) is 10.4. The summed E-state index contributed by atoms with van der Waals surface area (Å²) in [6.45, 7) is 4.82. The fourth-order valence-corrected chi connectivity index (χ4v) is 1.22. The van der Waals surface area contributed by atoms with Crippen molar-refractivity contribution in [3.05, 3.63) is 41.5 Å². The Kier molecular flexibility index (Phi) is 4.41. The van der Waals surface area contributed by atoms with E-state index in [0.717, 1.165) is 6.07 Å².